The second kappa shape index (κ2) is 3.76. The van der Waals surface area contributed by atoms with Crippen LogP contribution in [0.25, 0.3) is 0 Å². The van der Waals surface area contributed by atoms with E-state index in [1.165, 1.54) is 0 Å². The monoisotopic (exact) mass is 165 g/mol. The molecule has 0 amide bonds. The van der Waals surface area contributed by atoms with Crippen molar-refractivity contribution in [3.8, 4) is 0 Å². The van der Waals surface area contributed by atoms with Crippen LogP contribution in [0.4, 0.5) is 0 Å². The average Bonchev–Trinajstić information content (AvgIpc) is 2.51. The Morgan fingerprint density at radius 3 is 2.58 bits per heavy atom. The van der Waals surface area contributed by atoms with Gasteiger partial charge in [-0.2, -0.15) is 0 Å². The minimum Gasteiger partial charge on any atom is -0.441 e. The van der Waals surface area contributed by atoms with Gasteiger partial charge in [-0.15, -0.1) is 0 Å². The van der Waals surface area contributed by atoms with E-state index in [4.69, 9.17) is 4.74 Å². The molecule has 0 fully saturated rings. The topological polar surface area (TPSA) is 31.2 Å². The van der Waals surface area contributed by atoms with E-state index in [0.717, 1.165) is 0 Å². The van der Waals surface area contributed by atoms with Crippen molar-refractivity contribution in [2.75, 3.05) is 0 Å². The molecule has 0 aliphatic rings. The summed E-state index contributed by atoms with van der Waals surface area (Å²) in [5, 5.41) is 0. The van der Waals surface area contributed by atoms with E-state index in [9.17, 15) is 4.79 Å². The van der Waals surface area contributed by atoms with E-state index in [1.54, 1.807) is 11.5 Å². The summed E-state index contributed by atoms with van der Waals surface area (Å²) in [5.74, 6) is -0.358. The van der Waals surface area contributed by atoms with Gasteiger partial charge in [0.2, 0.25) is 0 Å². The molecular formula is C9H11NO2. The van der Waals surface area contributed by atoms with Crippen LogP contribution in [0.15, 0.2) is 36.7 Å². The lowest BCUT2D eigenvalue weighted by Gasteiger charge is -2.04. The van der Waals surface area contributed by atoms with Crippen LogP contribution in [0.2, 0.25) is 0 Å². The van der Waals surface area contributed by atoms with Gasteiger partial charge >= 0.3 is 5.97 Å². The van der Waals surface area contributed by atoms with Crippen LogP contribution < -0.4 is 0 Å². The van der Waals surface area contributed by atoms with E-state index < -0.39 is 0 Å². The molecule has 1 heterocycles. The van der Waals surface area contributed by atoms with E-state index >= 15 is 0 Å². The standard InChI is InChI=1S/C9H11NO2/c1-8(2)9(11)12-7-10-5-3-4-6-10/h3-6H,1,7H2,2H3. The molecule has 1 rings (SSSR count). The van der Waals surface area contributed by atoms with E-state index in [1.807, 2.05) is 24.5 Å². The van der Waals surface area contributed by atoms with Crippen LogP contribution in [0.5, 0.6) is 0 Å². The van der Waals surface area contributed by atoms with Crippen LogP contribution in [0.3, 0.4) is 0 Å². The molecule has 1 aromatic rings. The Labute approximate surface area is 71.3 Å². The Bertz CT molecular complexity index is 275. The van der Waals surface area contributed by atoms with E-state index in [2.05, 4.69) is 6.58 Å². The maximum absolute atomic E-state index is 10.9. The van der Waals surface area contributed by atoms with Crippen LogP contribution in [0.1, 0.15) is 6.92 Å². The largest absolute Gasteiger partial charge is 0.441 e. The summed E-state index contributed by atoms with van der Waals surface area (Å²) in [6.45, 7) is 5.34. The second-order valence-electron chi connectivity index (χ2n) is 2.54. The minimum atomic E-state index is -0.358. The maximum atomic E-state index is 10.9. The summed E-state index contributed by atoms with van der Waals surface area (Å²) in [7, 11) is 0. The zero-order chi connectivity index (χ0) is 8.97. The van der Waals surface area contributed by atoms with Gasteiger partial charge in [0, 0.05) is 18.0 Å². The van der Waals surface area contributed by atoms with Crippen molar-refractivity contribution in [3.05, 3.63) is 36.7 Å². The molecule has 12 heavy (non-hydrogen) atoms. The molecule has 0 unspecified atom stereocenters. The number of hydrogen-bond donors (Lipinski definition) is 0. The molecule has 0 aliphatic carbocycles. The molecule has 0 aromatic carbocycles. The van der Waals surface area contributed by atoms with Crippen molar-refractivity contribution < 1.29 is 9.53 Å². The summed E-state index contributed by atoms with van der Waals surface area (Å²) in [5.41, 5.74) is 0.419. The third-order valence-electron chi connectivity index (χ3n) is 1.36. The first-order chi connectivity index (χ1) is 5.70. The fourth-order valence-electron chi connectivity index (χ4n) is 0.713. The predicted octanol–water partition coefficient (Wildman–Crippen LogP) is 1.56. The van der Waals surface area contributed by atoms with Gasteiger partial charge in [0.25, 0.3) is 0 Å². The highest BCUT2D eigenvalue weighted by Crippen LogP contribution is 1.95. The summed E-state index contributed by atoms with van der Waals surface area (Å²) >= 11 is 0. The van der Waals surface area contributed by atoms with Crippen molar-refractivity contribution in [2.24, 2.45) is 0 Å². The van der Waals surface area contributed by atoms with Gasteiger partial charge in [-0.1, -0.05) is 6.58 Å². The van der Waals surface area contributed by atoms with Crippen LogP contribution in [-0.4, -0.2) is 10.5 Å². The SMILES string of the molecule is C=C(C)C(=O)OCn1cccc1. The van der Waals surface area contributed by atoms with Crippen LogP contribution >= 0.6 is 0 Å². The Balaban J connectivity index is 2.37. The molecule has 3 nitrogen and oxygen atoms in total. The number of carbonyl (C=O) groups is 1. The molecule has 0 bridgehead atoms. The quantitative estimate of drug-likeness (QED) is 0.502. The third kappa shape index (κ3) is 2.27. The fourth-order valence-corrected chi connectivity index (χ4v) is 0.713. The van der Waals surface area contributed by atoms with Gasteiger partial charge in [0.1, 0.15) is 0 Å². The Morgan fingerprint density at radius 1 is 1.50 bits per heavy atom. The number of aromatic nitrogens is 1. The van der Waals surface area contributed by atoms with Crippen molar-refractivity contribution in [2.45, 2.75) is 13.7 Å². The number of rotatable bonds is 3. The Hall–Kier alpha value is -1.51. The highest BCUT2D eigenvalue weighted by Gasteiger charge is 2.01. The van der Waals surface area contributed by atoms with Crippen molar-refractivity contribution >= 4 is 5.97 Å². The lowest BCUT2D eigenvalue weighted by atomic mass is 10.4. The Kier molecular flexibility index (Phi) is 2.69. The summed E-state index contributed by atoms with van der Waals surface area (Å²) in [4.78, 5) is 10.9. The molecule has 64 valence electrons. The van der Waals surface area contributed by atoms with Gasteiger partial charge in [-0.25, -0.2) is 4.79 Å². The molecule has 0 spiro atoms. The van der Waals surface area contributed by atoms with Gasteiger partial charge in [0.05, 0.1) is 0 Å². The molecule has 0 N–H and O–H groups in total. The molecule has 0 aliphatic heterocycles. The van der Waals surface area contributed by atoms with Gasteiger partial charge in [0.15, 0.2) is 6.73 Å². The molecule has 0 saturated heterocycles. The first kappa shape index (κ1) is 8.59. The maximum Gasteiger partial charge on any atom is 0.334 e. The number of carbonyl (C=O) groups excluding carboxylic acids is 1. The molecular weight excluding hydrogens is 154 g/mol. The molecule has 0 radical (unpaired) electrons. The number of nitrogens with zero attached hydrogens (tertiary/aromatic N) is 1. The summed E-state index contributed by atoms with van der Waals surface area (Å²) < 4.78 is 6.64. The minimum absolute atomic E-state index is 0.249. The second-order valence-corrected chi connectivity index (χ2v) is 2.54. The lowest BCUT2D eigenvalue weighted by molar-refractivity contribution is -0.142. The average molecular weight is 165 g/mol. The number of hydrogen-bond acceptors (Lipinski definition) is 2. The molecule has 0 saturated carbocycles. The zero-order valence-electron chi connectivity index (χ0n) is 6.99. The van der Waals surface area contributed by atoms with Gasteiger partial charge < -0.3 is 9.30 Å². The first-order valence-electron chi connectivity index (χ1n) is 3.63. The number of esters is 1. The molecule has 0 atom stereocenters. The van der Waals surface area contributed by atoms with Gasteiger partial charge in [-0.05, 0) is 19.1 Å². The van der Waals surface area contributed by atoms with Crippen molar-refractivity contribution in [3.63, 3.8) is 0 Å². The first-order valence-corrected chi connectivity index (χ1v) is 3.63. The molecule has 1 aromatic heterocycles. The summed E-state index contributed by atoms with van der Waals surface area (Å²) in [6.07, 6.45) is 3.65. The van der Waals surface area contributed by atoms with Gasteiger partial charge in [-0.3, -0.25) is 0 Å². The van der Waals surface area contributed by atoms with Crippen molar-refractivity contribution in [1.82, 2.24) is 4.57 Å². The predicted molar refractivity (Wildman–Crippen MR) is 45.3 cm³/mol. The number of ether oxygens (including phenoxy) is 1. The third-order valence-corrected chi connectivity index (χ3v) is 1.36. The zero-order valence-corrected chi connectivity index (χ0v) is 6.99. The summed E-state index contributed by atoms with van der Waals surface area (Å²) in [6, 6.07) is 3.74. The normalized spacial score (nSPS) is 9.42. The molecule has 3 heteroatoms. The van der Waals surface area contributed by atoms with Crippen LogP contribution in [0, 0.1) is 0 Å². The highest BCUT2D eigenvalue weighted by atomic mass is 16.5. The highest BCUT2D eigenvalue weighted by molar-refractivity contribution is 5.86. The van der Waals surface area contributed by atoms with E-state index in [0.29, 0.717) is 5.57 Å². The smallest absolute Gasteiger partial charge is 0.334 e. The van der Waals surface area contributed by atoms with E-state index in [-0.39, 0.29) is 12.7 Å². The van der Waals surface area contributed by atoms with Crippen molar-refractivity contribution in [1.29, 1.82) is 0 Å². The Morgan fingerprint density at radius 2 is 2.08 bits per heavy atom. The lowest BCUT2D eigenvalue weighted by Crippen LogP contribution is -2.08. The fraction of sp³-hybridized carbons (Fsp3) is 0.222. The van der Waals surface area contributed by atoms with Crippen LogP contribution in [-0.2, 0) is 16.3 Å².